The highest BCUT2D eigenvalue weighted by atomic mass is 35.5. The number of rotatable bonds is 13. The number of benzene rings is 2. The van der Waals surface area contributed by atoms with Gasteiger partial charge in [0.2, 0.25) is 5.88 Å². The Labute approximate surface area is 326 Å². The molecule has 0 radical (unpaired) electrons. The molecule has 1 spiro atoms. The molecular weight excluding hydrogens is 753 g/mol. The van der Waals surface area contributed by atoms with E-state index in [2.05, 4.69) is 20.8 Å². The Balaban J connectivity index is 1.19. The van der Waals surface area contributed by atoms with Crippen LogP contribution in [0.15, 0.2) is 54.5 Å². The maximum Gasteiger partial charge on any atom is 0.337 e. The van der Waals surface area contributed by atoms with Crippen LogP contribution in [0.4, 0.5) is 10.1 Å². The number of carbonyl (C=O) groups is 2. The van der Waals surface area contributed by atoms with E-state index in [0.29, 0.717) is 49.1 Å². The monoisotopic (exact) mass is 801 g/mol. The van der Waals surface area contributed by atoms with E-state index in [9.17, 15) is 13.8 Å². The number of carbonyl (C=O) groups excluding carboxylic acids is 2. The van der Waals surface area contributed by atoms with Crippen LogP contribution >= 0.6 is 11.6 Å². The van der Waals surface area contributed by atoms with Gasteiger partial charge in [-0.25, -0.2) is 18.2 Å². The Morgan fingerprint density at radius 1 is 1.24 bits per heavy atom. The van der Waals surface area contributed by atoms with Crippen molar-refractivity contribution in [3.8, 4) is 11.6 Å². The fourth-order valence-electron chi connectivity index (χ4n) is 8.15. The zero-order valence-electron chi connectivity index (χ0n) is 31.8. The van der Waals surface area contributed by atoms with Gasteiger partial charge in [0.25, 0.3) is 5.91 Å². The summed E-state index contributed by atoms with van der Waals surface area (Å²) in [6.45, 7) is 3.65. The molecule has 2 aromatic carbocycles. The van der Waals surface area contributed by atoms with Crippen LogP contribution in [0.1, 0.15) is 64.4 Å². The third-order valence-corrected chi connectivity index (χ3v) is 12.5. The molecule has 1 aromatic heterocycles. The SMILES string of the molecule is COC(=O)c1ccc2c(c1)N(C[C@@H]1CCO[C@H]1C(OC)/C(F)=C/C[C@H](C)CS(=N)(=O)NC(=O)c1cn(C)nc1OC)C[C@@]1(CCCc3cc(Cl)ccc31)CO2. The summed E-state index contributed by atoms with van der Waals surface area (Å²) in [5.74, 6) is -1.83. The Morgan fingerprint density at radius 3 is 2.78 bits per heavy atom. The van der Waals surface area contributed by atoms with Crippen LogP contribution in [0.3, 0.4) is 0 Å². The number of amides is 1. The predicted molar refractivity (Wildman–Crippen MR) is 206 cm³/mol. The number of aryl methyl sites for hydroxylation is 2. The van der Waals surface area contributed by atoms with Crippen molar-refractivity contribution >= 4 is 39.1 Å². The Hall–Kier alpha value is -4.18. The van der Waals surface area contributed by atoms with Crippen molar-refractivity contribution in [2.45, 2.75) is 56.7 Å². The summed E-state index contributed by atoms with van der Waals surface area (Å²) in [7, 11) is 2.18. The van der Waals surface area contributed by atoms with Gasteiger partial charge in [0, 0.05) is 56.4 Å². The number of halogens is 2. The normalized spacial score (nSPS) is 23.1. The lowest BCUT2D eigenvalue weighted by molar-refractivity contribution is -0.0322. The number of hydrogen-bond donors (Lipinski definition) is 2. The van der Waals surface area contributed by atoms with Gasteiger partial charge in [-0.3, -0.25) is 14.2 Å². The lowest BCUT2D eigenvalue weighted by Gasteiger charge is -2.41. The van der Waals surface area contributed by atoms with E-state index < -0.39 is 45.7 Å². The molecule has 13 nitrogen and oxygen atoms in total. The first kappa shape index (κ1) is 40.5. The molecular formula is C39H49ClFN5O8S. The van der Waals surface area contributed by atoms with Crippen LogP contribution in [0.2, 0.25) is 5.02 Å². The van der Waals surface area contributed by atoms with Gasteiger partial charge in [0.15, 0.2) is 0 Å². The fraction of sp³-hybridized carbons (Fsp3) is 0.513. The van der Waals surface area contributed by atoms with Crippen molar-refractivity contribution in [1.29, 1.82) is 4.78 Å². The Morgan fingerprint density at radius 2 is 2.04 bits per heavy atom. The Bertz CT molecular complexity index is 2040. The van der Waals surface area contributed by atoms with Crippen LogP contribution in [0, 0.1) is 16.6 Å². The zero-order chi connectivity index (χ0) is 39.5. The minimum absolute atomic E-state index is 0.0508. The highest BCUT2D eigenvalue weighted by molar-refractivity contribution is 7.91. The van der Waals surface area contributed by atoms with Gasteiger partial charge in [0.1, 0.15) is 33.2 Å². The molecule has 0 saturated carbocycles. The molecule has 3 aromatic rings. The average molecular weight is 802 g/mol. The molecule has 6 atom stereocenters. The molecule has 1 aliphatic carbocycles. The van der Waals surface area contributed by atoms with E-state index >= 15 is 4.39 Å². The average Bonchev–Trinajstić information content (AvgIpc) is 3.74. The maximum atomic E-state index is 16.1. The third-order valence-electron chi connectivity index (χ3n) is 10.7. The second-order valence-electron chi connectivity index (χ2n) is 14.7. The highest BCUT2D eigenvalue weighted by Crippen LogP contribution is 2.45. The van der Waals surface area contributed by atoms with Crippen LogP contribution in [-0.4, -0.2) is 91.5 Å². The maximum absolute atomic E-state index is 16.1. The van der Waals surface area contributed by atoms with Gasteiger partial charge in [-0.2, -0.15) is 0 Å². The van der Waals surface area contributed by atoms with Crippen molar-refractivity contribution in [1.82, 2.24) is 14.5 Å². The van der Waals surface area contributed by atoms with Crippen molar-refractivity contribution in [3.05, 3.63) is 81.8 Å². The van der Waals surface area contributed by atoms with Crippen LogP contribution in [-0.2, 0) is 43.0 Å². The second-order valence-corrected chi connectivity index (χ2v) is 17.1. The molecule has 2 N–H and O–H groups in total. The summed E-state index contributed by atoms with van der Waals surface area (Å²) < 4.78 is 69.8. The first-order valence-corrected chi connectivity index (χ1v) is 20.4. The van der Waals surface area contributed by atoms with Gasteiger partial charge in [0.05, 0.1) is 43.9 Å². The van der Waals surface area contributed by atoms with E-state index in [0.717, 1.165) is 24.9 Å². The van der Waals surface area contributed by atoms with E-state index in [1.54, 1.807) is 32.2 Å². The van der Waals surface area contributed by atoms with E-state index in [-0.39, 0.29) is 35.0 Å². The standard InChI is InChI=1S/C39H49ClFN5O8S/c1-24(21-55(42,49)44-36(47)29-20-45(2)43-37(29)51-4)8-12-31(41)35(50-3)34-27(14-16-53-34)19-46-22-39(15-6-7-25-17-28(40)10-11-30(25)39)23-54-33-13-9-26(18-32(33)46)38(48)52-5/h9-13,17-18,20,24,27,34-35H,6-8,14-16,19,21-23H2,1-5H3,(H2,42,44,47,49)/b31-12-/t24-,27-,34+,35?,39-,55?/m0/s1. The highest BCUT2D eigenvalue weighted by Gasteiger charge is 2.44. The van der Waals surface area contributed by atoms with E-state index in [1.165, 1.54) is 49.4 Å². The number of ether oxygens (including phenoxy) is 5. The number of nitrogens with one attached hydrogen (secondary N) is 2. The lowest BCUT2D eigenvalue weighted by atomic mass is 9.70. The Kier molecular flexibility index (Phi) is 12.4. The fourth-order valence-corrected chi connectivity index (χ4v) is 9.78. The molecule has 1 saturated heterocycles. The summed E-state index contributed by atoms with van der Waals surface area (Å²) in [5.41, 5.74) is 3.23. The molecule has 1 amide bonds. The number of anilines is 1. The van der Waals surface area contributed by atoms with Crippen molar-refractivity contribution in [2.75, 3.05) is 58.3 Å². The number of fused-ring (bicyclic) bond motifs is 3. The molecule has 3 aliphatic rings. The number of hydrogen-bond acceptors (Lipinski definition) is 11. The molecule has 298 valence electrons. The molecule has 0 bridgehead atoms. The topological polar surface area (TPSA) is 154 Å². The van der Waals surface area contributed by atoms with E-state index in [1.807, 2.05) is 12.1 Å². The second kappa shape index (κ2) is 16.9. The summed E-state index contributed by atoms with van der Waals surface area (Å²) in [4.78, 5) is 27.7. The summed E-state index contributed by atoms with van der Waals surface area (Å²) in [6, 6.07) is 11.4. The van der Waals surface area contributed by atoms with Gasteiger partial charge in [-0.15, -0.1) is 5.10 Å². The number of methoxy groups -OCH3 is 3. The predicted octanol–water partition coefficient (Wildman–Crippen LogP) is 6.03. The first-order chi connectivity index (χ1) is 26.3. The quantitative estimate of drug-likeness (QED) is 0.196. The van der Waals surface area contributed by atoms with Crippen molar-refractivity contribution < 1.29 is 41.9 Å². The smallest absolute Gasteiger partial charge is 0.337 e. The molecule has 6 rings (SSSR count). The van der Waals surface area contributed by atoms with Crippen LogP contribution in [0.5, 0.6) is 11.6 Å². The van der Waals surface area contributed by atoms with Gasteiger partial charge in [-0.1, -0.05) is 24.6 Å². The minimum atomic E-state index is -3.58. The number of aromatic nitrogens is 2. The van der Waals surface area contributed by atoms with Crippen molar-refractivity contribution in [2.24, 2.45) is 18.9 Å². The molecule has 2 aliphatic heterocycles. The summed E-state index contributed by atoms with van der Waals surface area (Å²) >= 11 is 6.42. The summed E-state index contributed by atoms with van der Waals surface area (Å²) in [5, 5.41) is 4.71. The molecule has 2 unspecified atom stereocenters. The number of nitrogens with zero attached hydrogens (tertiary/aromatic N) is 3. The van der Waals surface area contributed by atoms with Crippen molar-refractivity contribution in [3.63, 3.8) is 0 Å². The summed E-state index contributed by atoms with van der Waals surface area (Å²) in [6.07, 6.45) is 4.72. The molecule has 55 heavy (non-hydrogen) atoms. The lowest BCUT2D eigenvalue weighted by Crippen LogP contribution is -2.48. The van der Waals surface area contributed by atoms with Gasteiger partial charge < -0.3 is 28.6 Å². The molecule has 16 heteroatoms. The largest absolute Gasteiger partial charge is 0.490 e. The van der Waals surface area contributed by atoms with Gasteiger partial charge in [-0.05, 0) is 85.6 Å². The number of esters is 1. The molecule has 1 fully saturated rings. The minimum Gasteiger partial charge on any atom is -0.490 e. The molecule has 3 heterocycles. The first-order valence-electron chi connectivity index (χ1n) is 18.3. The third kappa shape index (κ3) is 8.95. The number of allylic oxidation sites excluding steroid dienone is 1. The zero-order valence-corrected chi connectivity index (χ0v) is 33.3. The van der Waals surface area contributed by atoms with Crippen LogP contribution < -0.4 is 19.1 Å². The van der Waals surface area contributed by atoms with Crippen LogP contribution in [0.25, 0.3) is 0 Å². The van der Waals surface area contributed by atoms with E-state index in [4.69, 9.17) is 40.1 Å². The van der Waals surface area contributed by atoms with Gasteiger partial charge >= 0.3 is 5.97 Å².